The zero-order chi connectivity index (χ0) is 28.3. The predicted octanol–water partition coefficient (Wildman–Crippen LogP) is -7.82. The molecule has 0 bridgehead atoms. The topological polar surface area (TPSA) is 318 Å². The summed E-state index contributed by atoms with van der Waals surface area (Å²) in [6.07, 6.45) is -14.1. The van der Waals surface area contributed by atoms with Gasteiger partial charge in [-0.05, 0) is 12.8 Å². The molecule has 0 aromatic rings. The molecule has 3 aliphatic rings. The smallest absolute Gasteiger partial charge is 0.250 e. The van der Waals surface area contributed by atoms with Crippen LogP contribution < -0.4 is 34.0 Å². The van der Waals surface area contributed by atoms with Crippen molar-refractivity contribution in [1.82, 2.24) is 5.32 Å². The molecule has 3 fully saturated rings. The second-order valence-electron chi connectivity index (χ2n) is 9.93. The van der Waals surface area contributed by atoms with E-state index in [4.69, 9.17) is 47.6 Å². The first-order valence-electron chi connectivity index (χ1n) is 12.5. The molecule has 1 amide bonds. The van der Waals surface area contributed by atoms with Gasteiger partial charge in [0, 0.05) is 13.1 Å². The normalized spacial score (nSPS) is 46.9. The first-order valence-corrected chi connectivity index (χ1v) is 12.5. The molecule has 2 saturated heterocycles. The molecule has 38 heavy (non-hydrogen) atoms. The van der Waals surface area contributed by atoms with Gasteiger partial charge in [0.25, 0.3) is 5.91 Å². The monoisotopic (exact) mass is 554 g/mol. The molecule has 0 radical (unpaired) electrons. The Morgan fingerprint density at radius 1 is 0.895 bits per heavy atom. The highest BCUT2D eigenvalue weighted by Crippen LogP contribution is 2.31. The number of ether oxygens (including phenoxy) is 4. The first-order chi connectivity index (χ1) is 17.9. The Labute approximate surface area is 219 Å². The van der Waals surface area contributed by atoms with Crippen LogP contribution in [0.3, 0.4) is 0 Å². The molecular formula is C21H42N6O11. The Balaban J connectivity index is 1.88. The average Bonchev–Trinajstić information content (AvgIpc) is 2.91. The quantitative estimate of drug-likeness (QED) is 0.126. The van der Waals surface area contributed by atoms with Gasteiger partial charge in [-0.1, -0.05) is 0 Å². The Kier molecular flexibility index (Phi) is 11.1. The van der Waals surface area contributed by atoms with Crippen LogP contribution >= 0.6 is 0 Å². The van der Waals surface area contributed by atoms with Gasteiger partial charge in [-0.2, -0.15) is 0 Å². The largest absolute Gasteiger partial charge is 0.394 e. The van der Waals surface area contributed by atoms with Gasteiger partial charge in [0.15, 0.2) is 12.6 Å². The van der Waals surface area contributed by atoms with Gasteiger partial charge < -0.3 is 83.6 Å². The summed E-state index contributed by atoms with van der Waals surface area (Å²) in [7, 11) is 0. The molecule has 1 saturated carbocycles. The Hall–Kier alpha value is -1.13. The van der Waals surface area contributed by atoms with Crippen molar-refractivity contribution >= 4 is 5.91 Å². The molecule has 17 nitrogen and oxygen atoms in total. The molecule has 0 spiro atoms. The number of rotatable bonds is 9. The Morgan fingerprint density at radius 2 is 1.55 bits per heavy atom. The summed E-state index contributed by atoms with van der Waals surface area (Å²) in [5, 5.41) is 64.8. The van der Waals surface area contributed by atoms with Crippen LogP contribution in [0.25, 0.3) is 0 Å². The van der Waals surface area contributed by atoms with E-state index < -0.39 is 105 Å². The van der Waals surface area contributed by atoms with Crippen LogP contribution in [0, 0.1) is 0 Å². The van der Waals surface area contributed by atoms with Gasteiger partial charge in [-0.3, -0.25) is 4.79 Å². The van der Waals surface area contributed by atoms with Gasteiger partial charge >= 0.3 is 0 Å². The maximum Gasteiger partial charge on any atom is 0.250 e. The number of nitrogens with one attached hydrogen (secondary N) is 1. The summed E-state index contributed by atoms with van der Waals surface area (Å²) in [5.74, 6) is -0.988. The van der Waals surface area contributed by atoms with Crippen molar-refractivity contribution in [1.29, 1.82) is 0 Å². The Morgan fingerprint density at radius 3 is 2.16 bits per heavy atom. The molecule has 17 N–H and O–H groups in total. The van der Waals surface area contributed by atoms with Crippen LogP contribution in [0.4, 0.5) is 0 Å². The summed E-state index contributed by atoms with van der Waals surface area (Å²) in [4.78, 5) is 12.4. The molecule has 222 valence electrons. The van der Waals surface area contributed by atoms with E-state index in [1.54, 1.807) is 0 Å². The van der Waals surface area contributed by atoms with Gasteiger partial charge in [0.2, 0.25) is 0 Å². The molecule has 8 unspecified atom stereocenters. The van der Waals surface area contributed by atoms with Gasteiger partial charge in [-0.15, -0.1) is 0 Å². The van der Waals surface area contributed by atoms with Crippen molar-refractivity contribution in [2.24, 2.45) is 28.7 Å². The number of aliphatic hydroxyl groups is 6. The van der Waals surface area contributed by atoms with Crippen molar-refractivity contribution in [3.8, 4) is 0 Å². The Bertz CT molecular complexity index is 771. The highest BCUT2D eigenvalue weighted by atomic mass is 16.7. The highest BCUT2D eigenvalue weighted by Gasteiger charge is 2.54. The average molecular weight is 555 g/mol. The number of carbonyl (C=O) groups is 1. The zero-order valence-electron chi connectivity index (χ0n) is 20.8. The summed E-state index contributed by atoms with van der Waals surface area (Å²) in [6.45, 7) is -0.905. The molecular weight excluding hydrogens is 512 g/mol. The minimum atomic E-state index is -1.69. The fraction of sp³-hybridized carbons (Fsp3) is 0.952. The molecule has 2 heterocycles. The van der Waals surface area contributed by atoms with E-state index in [1.165, 1.54) is 0 Å². The highest BCUT2D eigenvalue weighted by molar-refractivity contribution is 5.81. The summed E-state index contributed by atoms with van der Waals surface area (Å²) in [6, 6.07) is -4.68. The molecule has 3 rings (SSSR count). The number of carbonyl (C=O) groups excluding carboxylic acids is 1. The van der Waals surface area contributed by atoms with Crippen molar-refractivity contribution in [3.05, 3.63) is 0 Å². The second kappa shape index (κ2) is 13.5. The van der Waals surface area contributed by atoms with Crippen LogP contribution in [-0.4, -0.2) is 148 Å². The molecule has 17 heteroatoms. The van der Waals surface area contributed by atoms with Crippen molar-refractivity contribution < 1.29 is 54.4 Å². The van der Waals surface area contributed by atoms with Crippen molar-refractivity contribution in [2.75, 3.05) is 19.7 Å². The van der Waals surface area contributed by atoms with E-state index in [0.717, 1.165) is 0 Å². The van der Waals surface area contributed by atoms with Crippen LogP contribution in [0.15, 0.2) is 0 Å². The summed E-state index contributed by atoms with van der Waals surface area (Å²) in [5.41, 5.74) is 29.2. The lowest BCUT2D eigenvalue weighted by Crippen LogP contribution is -2.74. The molecule has 1 aliphatic carbocycles. The van der Waals surface area contributed by atoms with Crippen LogP contribution in [-0.2, 0) is 23.7 Å². The fourth-order valence-electron chi connectivity index (χ4n) is 4.84. The predicted molar refractivity (Wildman–Crippen MR) is 127 cm³/mol. The standard InChI is InChI=1S/C21H42N6O11/c22-3-6-1-2-7(24)20(35-6)37-17-11(26)14(31)12(27-19(34)8(29)4-23)18(16(17)33)38-21-15(32)10(25)13(30)9(5-28)36-21/h6-18,20-21,28-33H,1-5,22-26H2,(H,27,34)/t6?,7?,8?,9?,10-,11-,12+,13+,14?,15?,16?,17?,18-,20+,21+/m0/s1. The molecule has 2 aliphatic heterocycles. The lowest BCUT2D eigenvalue weighted by atomic mass is 9.81. The number of nitrogens with two attached hydrogens (primary N) is 5. The molecule has 15 atom stereocenters. The number of hydrogen-bond acceptors (Lipinski definition) is 16. The maximum absolute atomic E-state index is 12.4. The minimum Gasteiger partial charge on any atom is -0.394 e. The lowest BCUT2D eigenvalue weighted by molar-refractivity contribution is -0.319. The van der Waals surface area contributed by atoms with E-state index in [-0.39, 0.29) is 12.6 Å². The third kappa shape index (κ3) is 6.60. The van der Waals surface area contributed by atoms with Crippen molar-refractivity contribution in [3.63, 3.8) is 0 Å². The van der Waals surface area contributed by atoms with Crippen molar-refractivity contribution in [2.45, 2.75) is 105 Å². The van der Waals surface area contributed by atoms with Crippen LogP contribution in [0.1, 0.15) is 12.8 Å². The number of hydrogen-bond donors (Lipinski definition) is 12. The van der Waals surface area contributed by atoms with E-state index in [1.807, 2.05) is 0 Å². The molecule has 0 aromatic heterocycles. The zero-order valence-corrected chi connectivity index (χ0v) is 20.8. The van der Waals surface area contributed by atoms with Gasteiger partial charge in [-0.25, -0.2) is 0 Å². The third-order valence-electron chi connectivity index (χ3n) is 7.28. The summed E-state index contributed by atoms with van der Waals surface area (Å²) >= 11 is 0. The second-order valence-corrected chi connectivity index (χ2v) is 9.93. The summed E-state index contributed by atoms with van der Waals surface area (Å²) < 4.78 is 22.9. The number of aliphatic hydroxyl groups excluding tert-OH is 6. The lowest BCUT2D eigenvalue weighted by Gasteiger charge is -2.50. The van der Waals surface area contributed by atoms with Gasteiger partial charge in [0.1, 0.15) is 42.7 Å². The first kappa shape index (κ1) is 31.4. The van der Waals surface area contributed by atoms with Crippen LogP contribution in [0.5, 0.6) is 0 Å². The maximum atomic E-state index is 12.4. The fourth-order valence-corrected chi connectivity index (χ4v) is 4.84. The van der Waals surface area contributed by atoms with Gasteiger partial charge in [0.05, 0.1) is 43.0 Å². The third-order valence-corrected chi connectivity index (χ3v) is 7.28. The van der Waals surface area contributed by atoms with E-state index in [9.17, 15) is 35.4 Å². The minimum absolute atomic E-state index is 0.201. The SMILES string of the molecule is NCC1CCC(N)[C@@H](OC2C(O)[C@@H](O[C@H]3OC(CO)[C@@H](O)[C@H](N)C3O)[C@H](NC(=O)C(O)CN)C(O)[C@@H]2N)O1. The van der Waals surface area contributed by atoms with E-state index in [2.05, 4.69) is 5.32 Å². The number of amides is 1. The molecule has 0 aromatic carbocycles. The van der Waals surface area contributed by atoms with E-state index >= 15 is 0 Å². The van der Waals surface area contributed by atoms with Crippen LogP contribution in [0.2, 0.25) is 0 Å². The van der Waals surface area contributed by atoms with E-state index in [0.29, 0.717) is 12.8 Å².